The Labute approximate surface area is 137 Å². The molecule has 0 heterocycles. The predicted octanol–water partition coefficient (Wildman–Crippen LogP) is 3.73. The molecule has 1 unspecified atom stereocenters. The average molecular weight is 303 g/mol. The van der Waals surface area contributed by atoms with Gasteiger partial charge in [-0.15, -0.1) is 0 Å². The third kappa shape index (κ3) is 3.90. The minimum Gasteiger partial charge on any atom is -0.399 e. The molecule has 0 fully saturated rings. The SMILES string of the molecule is Nc1ccc(CNC(c2ccccc2)c2cccc(N)c2)cc1. The normalized spacial score (nSPS) is 12.0. The van der Waals surface area contributed by atoms with Crippen molar-refractivity contribution in [1.29, 1.82) is 0 Å². The number of rotatable bonds is 5. The van der Waals surface area contributed by atoms with Crippen molar-refractivity contribution in [2.45, 2.75) is 12.6 Å². The molecule has 3 heteroatoms. The van der Waals surface area contributed by atoms with Gasteiger partial charge in [-0.3, -0.25) is 0 Å². The standard InChI is InChI=1S/C20H21N3/c21-18-11-9-15(10-12-18)14-23-20(16-5-2-1-3-6-16)17-7-4-8-19(22)13-17/h1-13,20,23H,14,21-22H2. The monoisotopic (exact) mass is 303 g/mol. The third-order valence-electron chi connectivity index (χ3n) is 3.87. The Balaban J connectivity index is 1.85. The van der Waals surface area contributed by atoms with E-state index in [-0.39, 0.29) is 6.04 Å². The van der Waals surface area contributed by atoms with Crippen LogP contribution in [0, 0.1) is 0 Å². The van der Waals surface area contributed by atoms with Gasteiger partial charge in [-0.2, -0.15) is 0 Å². The van der Waals surface area contributed by atoms with Gasteiger partial charge in [-0.05, 0) is 41.0 Å². The maximum atomic E-state index is 5.96. The van der Waals surface area contributed by atoms with Crippen LogP contribution in [-0.2, 0) is 6.54 Å². The van der Waals surface area contributed by atoms with Crippen molar-refractivity contribution < 1.29 is 0 Å². The Hall–Kier alpha value is -2.78. The summed E-state index contributed by atoms with van der Waals surface area (Å²) in [6.45, 7) is 0.759. The highest BCUT2D eigenvalue weighted by molar-refractivity contribution is 5.44. The van der Waals surface area contributed by atoms with Crippen molar-refractivity contribution in [3.63, 3.8) is 0 Å². The summed E-state index contributed by atoms with van der Waals surface area (Å²) in [5, 5.41) is 3.62. The van der Waals surface area contributed by atoms with E-state index in [4.69, 9.17) is 11.5 Å². The molecule has 3 nitrogen and oxygen atoms in total. The smallest absolute Gasteiger partial charge is 0.0580 e. The minimum atomic E-state index is 0.0947. The zero-order valence-electron chi connectivity index (χ0n) is 12.9. The third-order valence-corrected chi connectivity index (χ3v) is 3.87. The van der Waals surface area contributed by atoms with E-state index in [0.717, 1.165) is 23.5 Å². The molecule has 3 aromatic carbocycles. The molecular weight excluding hydrogens is 282 g/mol. The lowest BCUT2D eigenvalue weighted by Crippen LogP contribution is -2.22. The number of nitrogens with two attached hydrogens (primary N) is 2. The van der Waals surface area contributed by atoms with Crippen LogP contribution in [0.2, 0.25) is 0 Å². The van der Waals surface area contributed by atoms with Gasteiger partial charge in [0, 0.05) is 17.9 Å². The molecule has 0 aliphatic heterocycles. The Morgan fingerprint density at radius 3 is 2.09 bits per heavy atom. The molecule has 1 atom stereocenters. The van der Waals surface area contributed by atoms with Crippen molar-refractivity contribution in [1.82, 2.24) is 5.32 Å². The average Bonchev–Trinajstić information content (AvgIpc) is 2.58. The maximum Gasteiger partial charge on any atom is 0.0580 e. The van der Waals surface area contributed by atoms with Gasteiger partial charge >= 0.3 is 0 Å². The molecule has 0 saturated carbocycles. The molecule has 0 aliphatic rings. The van der Waals surface area contributed by atoms with E-state index >= 15 is 0 Å². The number of hydrogen-bond donors (Lipinski definition) is 3. The number of benzene rings is 3. The molecule has 0 spiro atoms. The van der Waals surface area contributed by atoms with Crippen molar-refractivity contribution >= 4 is 11.4 Å². The van der Waals surface area contributed by atoms with E-state index in [1.54, 1.807) is 0 Å². The first kappa shape index (κ1) is 15.1. The quantitative estimate of drug-likeness (QED) is 0.629. The summed E-state index contributed by atoms with van der Waals surface area (Å²) in [4.78, 5) is 0. The van der Waals surface area contributed by atoms with Crippen LogP contribution in [0.15, 0.2) is 78.9 Å². The zero-order chi connectivity index (χ0) is 16.1. The molecule has 5 N–H and O–H groups in total. The molecule has 0 aromatic heterocycles. The Morgan fingerprint density at radius 1 is 0.696 bits per heavy atom. The summed E-state index contributed by atoms with van der Waals surface area (Å²) in [5.74, 6) is 0. The van der Waals surface area contributed by atoms with Gasteiger partial charge < -0.3 is 16.8 Å². The largest absolute Gasteiger partial charge is 0.399 e. The zero-order valence-corrected chi connectivity index (χ0v) is 12.9. The first-order valence-corrected chi connectivity index (χ1v) is 7.70. The molecule has 0 saturated heterocycles. The van der Waals surface area contributed by atoms with E-state index in [2.05, 4.69) is 35.6 Å². The van der Waals surface area contributed by atoms with Crippen LogP contribution in [0.25, 0.3) is 0 Å². The van der Waals surface area contributed by atoms with Crippen LogP contribution in [0.4, 0.5) is 11.4 Å². The predicted molar refractivity (Wildman–Crippen MR) is 96.8 cm³/mol. The first-order chi connectivity index (χ1) is 11.2. The molecule has 0 radical (unpaired) electrons. The minimum absolute atomic E-state index is 0.0947. The van der Waals surface area contributed by atoms with Crippen LogP contribution in [0.5, 0.6) is 0 Å². The van der Waals surface area contributed by atoms with Crippen LogP contribution < -0.4 is 16.8 Å². The number of nitrogens with one attached hydrogen (secondary N) is 1. The summed E-state index contributed by atoms with van der Waals surface area (Å²) in [7, 11) is 0. The lowest BCUT2D eigenvalue weighted by Gasteiger charge is -2.20. The van der Waals surface area contributed by atoms with E-state index in [9.17, 15) is 0 Å². The van der Waals surface area contributed by atoms with Crippen LogP contribution >= 0.6 is 0 Å². The molecular formula is C20H21N3. The van der Waals surface area contributed by atoms with Gasteiger partial charge in [0.15, 0.2) is 0 Å². The second kappa shape index (κ2) is 6.99. The molecule has 0 bridgehead atoms. The molecule has 3 rings (SSSR count). The van der Waals surface area contributed by atoms with Crippen molar-refractivity contribution in [2.24, 2.45) is 0 Å². The highest BCUT2D eigenvalue weighted by Gasteiger charge is 2.13. The van der Waals surface area contributed by atoms with Gasteiger partial charge in [-0.25, -0.2) is 0 Å². The van der Waals surface area contributed by atoms with Gasteiger partial charge in [0.05, 0.1) is 6.04 Å². The first-order valence-electron chi connectivity index (χ1n) is 7.70. The fraction of sp³-hybridized carbons (Fsp3) is 0.100. The summed E-state index contributed by atoms with van der Waals surface area (Å²) in [5.41, 5.74) is 16.8. The van der Waals surface area contributed by atoms with Gasteiger partial charge in [0.2, 0.25) is 0 Å². The van der Waals surface area contributed by atoms with E-state index in [0.29, 0.717) is 0 Å². The van der Waals surface area contributed by atoms with Crippen molar-refractivity contribution in [3.8, 4) is 0 Å². The highest BCUT2D eigenvalue weighted by Crippen LogP contribution is 2.24. The summed E-state index contributed by atoms with van der Waals surface area (Å²) < 4.78 is 0. The van der Waals surface area contributed by atoms with E-state index in [1.807, 2.05) is 48.5 Å². The Morgan fingerprint density at radius 2 is 1.39 bits per heavy atom. The van der Waals surface area contributed by atoms with Crippen LogP contribution in [0.3, 0.4) is 0 Å². The summed E-state index contributed by atoms with van der Waals surface area (Å²) in [6.07, 6.45) is 0. The van der Waals surface area contributed by atoms with Gasteiger partial charge in [-0.1, -0.05) is 54.6 Å². The van der Waals surface area contributed by atoms with E-state index < -0.39 is 0 Å². The molecule has 0 amide bonds. The van der Waals surface area contributed by atoms with Gasteiger partial charge in [0.1, 0.15) is 0 Å². The van der Waals surface area contributed by atoms with Gasteiger partial charge in [0.25, 0.3) is 0 Å². The number of nitrogen functional groups attached to an aromatic ring is 2. The lowest BCUT2D eigenvalue weighted by atomic mass is 9.98. The van der Waals surface area contributed by atoms with E-state index in [1.165, 1.54) is 11.1 Å². The molecule has 116 valence electrons. The number of anilines is 2. The second-order valence-corrected chi connectivity index (χ2v) is 5.64. The van der Waals surface area contributed by atoms with Crippen molar-refractivity contribution in [2.75, 3.05) is 11.5 Å². The summed E-state index contributed by atoms with van der Waals surface area (Å²) in [6, 6.07) is 26.5. The second-order valence-electron chi connectivity index (χ2n) is 5.64. The topological polar surface area (TPSA) is 64.1 Å². The molecule has 3 aromatic rings. The highest BCUT2D eigenvalue weighted by atomic mass is 14.9. The van der Waals surface area contributed by atoms with Crippen molar-refractivity contribution in [3.05, 3.63) is 95.6 Å². The van der Waals surface area contributed by atoms with Crippen LogP contribution in [-0.4, -0.2) is 0 Å². The Kier molecular flexibility index (Phi) is 4.60. The molecule has 0 aliphatic carbocycles. The summed E-state index contributed by atoms with van der Waals surface area (Å²) >= 11 is 0. The molecule has 23 heavy (non-hydrogen) atoms. The fourth-order valence-corrected chi connectivity index (χ4v) is 2.67. The number of hydrogen-bond acceptors (Lipinski definition) is 3. The Bertz CT molecular complexity index is 751. The van der Waals surface area contributed by atoms with Crippen LogP contribution in [0.1, 0.15) is 22.7 Å². The lowest BCUT2D eigenvalue weighted by molar-refractivity contribution is 0.605. The maximum absolute atomic E-state index is 5.96. The fourth-order valence-electron chi connectivity index (χ4n) is 2.67.